The lowest BCUT2D eigenvalue weighted by Gasteiger charge is -2.22. The second-order valence-corrected chi connectivity index (χ2v) is 9.96. The second kappa shape index (κ2) is 9.37. The summed E-state index contributed by atoms with van der Waals surface area (Å²) in [7, 11) is 0. The van der Waals surface area contributed by atoms with E-state index in [1.54, 1.807) is 30.0 Å². The highest BCUT2D eigenvalue weighted by atomic mass is 16.5. The van der Waals surface area contributed by atoms with Crippen molar-refractivity contribution in [2.75, 3.05) is 16.3 Å². The summed E-state index contributed by atoms with van der Waals surface area (Å²) in [5, 5.41) is 0. The molecule has 3 amide bonds. The highest BCUT2D eigenvalue weighted by Gasteiger charge is 2.50. The Morgan fingerprint density at radius 3 is 2.47 bits per heavy atom. The summed E-state index contributed by atoms with van der Waals surface area (Å²) < 4.78 is 5.61. The summed E-state index contributed by atoms with van der Waals surface area (Å²) in [6, 6.07) is 12.7. The number of ether oxygens (including phenoxy) is 1. The van der Waals surface area contributed by atoms with E-state index in [1.165, 1.54) is 10.5 Å². The Morgan fingerprint density at radius 1 is 1.06 bits per heavy atom. The minimum absolute atomic E-state index is 0.0176. The van der Waals surface area contributed by atoms with Crippen LogP contribution in [-0.2, 0) is 25.6 Å². The Balaban J connectivity index is 1.27. The topological polar surface area (TPSA) is 84.0 Å². The number of carbonyl (C=O) groups is 4. The third-order valence-corrected chi connectivity index (χ3v) is 7.61. The first-order chi connectivity index (χ1) is 17.3. The van der Waals surface area contributed by atoms with Gasteiger partial charge >= 0.3 is 5.97 Å². The van der Waals surface area contributed by atoms with E-state index in [1.807, 2.05) is 43.3 Å². The standard InChI is InChI=1S/C29H30N2O5/c1-4-19-8-10-21(11-9-19)30-16-20(15-25(30)32)29(35)36-22-12-13-24(18(3)14-22)31-27(33)23-7-5-6-17(2)26(23)28(31)34/h5-6,8-14,17,20,23,26H,4,7,15-16H2,1-3H3/t17-,20-,23-,26-/m1/s1. The van der Waals surface area contributed by atoms with Crippen LogP contribution in [0.2, 0.25) is 0 Å². The number of imide groups is 1. The molecule has 2 heterocycles. The molecule has 5 rings (SSSR count). The lowest BCUT2D eigenvalue weighted by Crippen LogP contribution is -2.32. The van der Waals surface area contributed by atoms with Crippen molar-refractivity contribution in [3.05, 3.63) is 65.7 Å². The van der Waals surface area contributed by atoms with Gasteiger partial charge in [0.2, 0.25) is 17.7 Å². The number of nitrogens with zero attached hydrogens (tertiary/aromatic N) is 2. The molecule has 7 nitrogen and oxygen atoms in total. The van der Waals surface area contributed by atoms with Gasteiger partial charge in [-0.15, -0.1) is 0 Å². The molecule has 0 N–H and O–H groups in total. The number of fused-ring (bicyclic) bond motifs is 1. The molecule has 1 aliphatic carbocycles. The first kappa shape index (κ1) is 24.0. The Hall–Kier alpha value is -3.74. The molecule has 186 valence electrons. The van der Waals surface area contributed by atoms with Gasteiger partial charge < -0.3 is 9.64 Å². The Bertz CT molecular complexity index is 1260. The number of benzene rings is 2. The zero-order valence-corrected chi connectivity index (χ0v) is 20.8. The number of anilines is 2. The van der Waals surface area contributed by atoms with E-state index in [0.717, 1.165) is 12.1 Å². The molecular formula is C29H30N2O5. The summed E-state index contributed by atoms with van der Waals surface area (Å²) in [6.07, 6.45) is 5.56. The third kappa shape index (κ3) is 4.12. The van der Waals surface area contributed by atoms with Crippen molar-refractivity contribution in [3.63, 3.8) is 0 Å². The van der Waals surface area contributed by atoms with E-state index in [4.69, 9.17) is 4.74 Å². The zero-order chi connectivity index (χ0) is 25.6. The molecule has 0 spiro atoms. The summed E-state index contributed by atoms with van der Waals surface area (Å²) in [6.45, 7) is 6.09. The van der Waals surface area contributed by atoms with Crippen LogP contribution in [0.25, 0.3) is 0 Å². The van der Waals surface area contributed by atoms with Gasteiger partial charge in [0, 0.05) is 18.7 Å². The van der Waals surface area contributed by atoms with Gasteiger partial charge in [-0.1, -0.05) is 38.1 Å². The number of hydrogen-bond acceptors (Lipinski definition) is 5. The molecule has 2 aromatic carbocycles. The number of rotatable bonds is 5. The summed E-state index contributed by atoms with van der Waals surface area (Å²) >= 11 is 0. The molecule has 0 aromatic heterocycles. The van der Waals surface area contributed by atoms with Crippen LogP contribution in [0.3, 0.4) is 0 Å². The number of hydrogen-bond donors (Lipinski definition) is 0. The SMILES string of the molecule is CCc1ccc(N2C[C@H](C(=O)Oc3ccc(N4C(=O)[C@@H]5[C@H](C)C=CC[C@H]5C4=O)c(C)c3)CC2=O)cc1. The molecule has 0 unspecified atom stereocenters. The molecule has 0 radical (unpaired) electrons. The molecule has 2 fully saturated rings. The highest BCUT2D eigenvalue weighted by Crippen LogP contribution is 2.41. The maximum absolute atomic E-state index is 13.1. The van der Waals surface area contributed by atoms with Crippen LogP contribution >= 0.6 is 0 Å². The molecule has 4 atom stereocenters. The zero-order valence-electron chi connectivity index (χ0n) is 20.8. The molecular weight excluding hydrogens is 456 g/mol. The second-order valence-electron chi connectivity index (χ2n) is 9.96. The van der Waals surface area contributed by atoms with Crippen molar-refractivity contribution < 1.29 is 23.9 Å². The van der Waals surface area contributed by atoms with Crippen LogP contribution in [-0.4, -0.2) is 30.2 Å². The Labute approximate surface area is 210 Å². The van der Waals surface area contributed by atoms with Crippen molar-refractivity contribution in [2.45, 2.75) is 40.0 Å². The van der Waals surface area contributed by atoms with Gasteiger partial charge in [0.1, 0.15) is 5.75 Å². The van der Waals surface area contributed by atoms with Gasteiger partial charge in [-0.2, -0.15) is 0 Å². The van der Waals surface area contributed by atoms with E-state index in [0.29, 0.717) is 23.4 Å². The fourth-order valence-electron chi connectivity index (χ4n) is 5.55. The Kier molecular flexibility index (Phi) is 6.24. The summed E-state index contributed by atoms with van der Waals surface area (Å²) in [5.41, 5.74) is 3.14. The smallest absolute Gasteiger partial charge is 0.316 e. The normalized spacial score (nSPS) is 25.5. The van der Waals surface area contributed by atoms with Crippen molar-refractivity contribution in [1.29, 1.82) is 0 Å². The van der Waals surface area contributed by atoms with Crippen LogP contribution in [0.5, 0.6) is 5.75 Å². The molecule has 2 saturated heterocycles. The summed E-state index contributed by atoms with van der Waals surface area (Å²) in [5.74, 6) is -1.81. The van der Waals surface area contributed by atoms with Gasteiger partial charge in [0.05, 0.1) is 23.4 Å². The van der Waals surface area contributed by atoms with Gasteiger partial charge in [0.15, 0.2) is 0 Å². The van der Waals surface area contributed by atoms with Crippen LogP contribution < -0.4 is 14.5 Å². The summed E-state index contributed by atoms with van der Waals surface area (Å²) in [4.78, 5) is 54.5. The van der Waals surface area contributed by atoms with Crippen molar-refractivity contribution in [2.24, 2.45) is 23.7 Å². The predicted octanol–water partition coefficient (Wildman–Crippen LogP) is 4.22. The van der Waals surface area contributed by atoms with Crippen LogP contribution in [0.4, 0.5) is 11.4 Å². The first-order valence-electron chi connectivity index (χ1n) is 12.5. The number of allylic oxidation sites excluding steroid dienone is 2. The van der Waals surface area contributed by atoms with Gasteiger partial charge in [0.25, 0.3) is 0 Å². The van der Waals surface area contributed by atoms with E-state index in [2.05, 4.69) is 6.92 Å². The minimum atomic E-state index is -0.567. The predicted molar refractivity (Wildman–Crippen MR) is 135 cm³/mol. The maximum atomic E-state index is 13.1. The molecule has 36 heavy (non-hydrogen) atoms. The molecule has 3 aliphatic rings. The van der Waals surface area contributed by atoms with Crippen molar-refractivity contribution in [3.8, 4) is 5.75 Å². The monoisotopic (exact) mass is 486 g/mol. The highest BCUT2D eigenvalue weighted by molar-refractivity contribution is 6.22. The van der Waals surface area contributed by atoms with Crippen LogP contribution in [0.1, 0.15) is 37.8 Å². The number of amides is 3. The van der Waals surface area contributed by atoms with Gasteiger partial charge in [-0.25, -0.2) is 4.90 Å². The fourth-order valence-corrected chi connectivity index (χ4v) is 5.55. The van der Waals surface area contributed by atoms with Crippen LogP contribution in [0, 0.1) is 30.6 Å². The van der Waals surface area contributed by atoms with Gasteiger partial charge in [-0.05, 0) is 67.1 Å². The van der Waals surface area contributed by atoms with Crippen LogP contribution in [0.15, 0.2) is 54.6 Å². The van der Waals surface area contributed by atoms with E-state index >= 15 is 0 Å². The largest absolute Gasteiger partial charge is 0.426 e. The average Bonchev–Trinajstić information content (AvgIpc) is 3.37. The Morgan fingerprint density at radius 2 is 1.81 bits per heavy atom. The third-order valence-electron chi connectivity index (χ3n) is 7.61. The van der Waals surface area contributed by atoms with Crippen molar-refractivity contribution in [1.82, 2.24) is 0 Å². The fraction of sp³-hybridized carbons (Fsp3) is 0.379. The number of aryl methyl sites for hydroxylation is 2. The first-order valence-corrected chi connectivity index (χ1v) is 12.5. The number of esters is 1. The maximum Gasteiger partial charge on any atom is 0.316 e. The molecule has 0 bridgehead atoms. The molecule has 2 aliphatic heterocycles. The average molecular weight is 487 g/mol. The minimum Gasteiger partial charge on any atom is -0.426 e. The molecule has 7 heteroatoms. The number of carbonyl (C=O) groups excluding carboxylic acids is 4. The lowest BCUT2D eigenvalue weighted by molar-refractivity contribution is -0.139. The van der Waals surface area contributed by atoms with Gasteiger partial charge in [-0.3, -0.25) is 19.2 Å². The quantitative estimate of drug-likeness (QED) is 0.274. The lowest BCUT2D eigenvalue weighted by atomic mass is 9.78. The van der Waals surface area contributed by atoms with E-state index < -0.39 is 11.9 Å². The van der Waals surface area contributed by atoms with E-state index in [9.17, 15) is 19.2 Å². The van der Waals surface area contributed by atoms with Crippen molar-refractivity contribution >= 4 is 35.1 Å². The molecule has 0 saturated carbocycles. The van der Waals surface area contributed by atoms with E-state index in [-0.39, 0.29) is 48.4 Å². The molecule has 2 aromatic rings.